The Labute approximate surface area is 165 Å². The topological polar surface area (TPSA) is 60.5 Å². The Morgan fingerprint density at radius 1 is 1.00 bits per heavy atom. The Balaban J connectivity index is 1.55. The number of rotatable bonds is 9. The van der Waals surface area contributed by atoms with Crippen LogP contribution in [0.5, 0.6) is 11.5 Å². The minimum Gasteiger partial charge on any atom is -0.493 e. The maximum absolute atomic E-state index is 12.3. The number of carbonyl (C=O) groups is 1. The van der Waals surface area contributed by atoms with Crippen LogP contribution < -0.4 is 14.8 Å². The molecule has 0 bridgehead atoms. The van der Waals surface area contributed by atoms with E-state index in [4.69, 9.17) is 9.47 Å². The Bertz CT molecular complexity index is 883. The first-order valence-electron chi connectivity index (χ1n) is 9.28. The third kappa shape index (κ3) is 5.84. The molecule has 0 aliphatic rings. The molecule has 0 aliphatic carbocycles. The van der Waals surface area contributed by atoms with Gasteiger partial charge in [0.05, 0.1) is 7.11 Å². The van der Waals surface area contributed by atoms with Gasteiger partial charge in [-0.1, -0.05) is 36.4 Å². The lowest BCUT2D eigenvalue weighted by Crippen LogP contribution is -2.11. The highest BCUT2D eigenvalue weighted by atomic mass is 16.5. The van der Waals surface area contributed by atoms with E-state index in [2.05, 4.69) is 22.4 Å². The van der Waals surface area contributed by atoms with Crippen molar-refractivity contribution in [2.24, 2.45) is 0 Å². The fourth-order valence-electron chi connectivity index (χ4n) is 2.83. The molecule has 2 aromatic carbocycles. The number of nitrogens with zero attached hydrogens (tertiary/aromatic N) is 1. The summed E-state index contributed by atoms with van der Waals surface area (Å²) in [6.07, 6.45) is 5.63. The van der Waals surface area contributed by atoms with Crippen LogP contribution in [-0.4, -0.2) is 18.0 Å². The maximum atomic E-state index is 12.3. The van der Waals surface area contributed by atoms with Gasteiger partial charge in [-0.2, -0.15) is 0 Å². The van der Waals surface area contributed by atoms with Crippen molar-refractivity contribution < 1.29 is 14.3 Å². The lowest BCUT2D eigenvalue weighted by atomic mass is 10.1. The van der Waals surface area contributed by atoms with E-state index in [1.54, 1.807) is 31.6 Å². The summed E-state index contributed by atoms with van der Waals surface area (Å²) < 4.78 is 11.2. The van der Waals surface area contributed by atoms with E-state index in [9.17, 15) is 4.79 Å². The summed E-state index contributed by atoms with van der Waals surface area (Å²) in [5, 5.41) is 2.93. The number of benzene rings is 2. The SMILES string of the molecule is COc1ccc(NC(=O)CCCc2ccccc2)cc1OCc1cccnc1. The fourth-order valence-corrected chi connectivity index (χ4v) is 2.83. The van der Waals surface area contributed by atoms with Crippen LogP contribution in [0.25, 0.3) is 0 Å². The number of pyridine rings is 1. The monoisotopic (exact) mass is 376 g/mol. The second-order valence-electron chi connectivity index (χ2n) is 6.40. The third-order valence-corrected chi connectivity index (χ3v) is 4.28. The van der Waals surface area contributed by atoms with Gasteiger partial charge in [0, 0.05) is 36.1 Å². The van der Waals surface area contributed by atoms with Crippen molar-refractivity contribution in [3.05, 3.63) is 84.2 Å². The summed E-state index contributed by atoms with van der Waals surface area (Å²) in [5.41, 5.74) is 2.89. The van der Waals surface area contributed by atoms with Gasteiger partial charge in [0.25, 0.3) is 0 Å². The first kappa shape index (κ1) is 19.4. The Morgan fingerprint density at radius 2 is 1.82 bits per heavy atom. The molecule has 5 nitrogen and oxygen atoms in total. The summed E-state index contributed by atoms with van der Waals surface area (Å²) in [4.78, 5) is 16.3. The Morgan fingerprint density at radius 3 is 2.57 bits per heavy atom. The number of anilines is 1. The number of methoxy groups -OCH3 is 1. The average Bonchev–Trinajstić information content (AvgIpc) is 2.74. The standard InChI is InChI=1S/C23H24N2O3/c1-27-21-13-12-20(15-22(21)28-17-19-10-6-14-24-16-19)25-23(26)11-5-9-18-7-3-2-4-8-18/h2-4,6-8,10,12-16H,5,9,11,17H2,1H3,(H,25,26). The maximum Gasteiger partial charge on any atom is 0.224 e. The summed E-state index contributed by atoms with van der Waals surface area (Å²) in [6.45, 7) is 0.374. The first-order valence-corrected chi connectivity index (χ1v) is 9.28. The minimum absolute atomic E-state index is 0.0145. The van der Waals surface area contributed by atoms with Crippen molar-refractivity contribution in [3.8, 4) is 11.5 Å². The highest BCUT2D eigenvalue weighted by Crippen LogP contribution is 2.31. The Hall–Kier alpha value is -3.34. The van der Waals surface area contributed by atoms with Crippen LogP contribution in [0.4, 0.5) is 5.69 Å². The molecule has 0 saturated carbocycles. The number of nitrogens with one attached hydrogen (secondary N) is 1. The van der Waals surface area contributed by atoms with Gasteiger partial charge in [-0.15, -0.1) is 0 Å². The molecule has 0 atom stereocenters. The molecule has 1 amide bonds. The van der Waals surface area contributed by atoms with Crippen LogP contribution in [0, 0.1) is 0 Å². The molecule has 0 radical (unpaired) electrons. The molecule has 1 N–H and O–H groups in total. The van der Waals surface area contributed by atoms with E-state index < -0.39 is 0 Å². The molecular weight excluding hydrogens is 352 g/mol. The summed E-state index contributed by atoms with van der Waals surface area (Å²) in [5.74, 6) is 1.18. The van der Waals surface area contributed by atoms with Gasteiger partial charge < -0.3 is 14.8 Å². The van der Waals surface area contributed by atoms with Crippen molar-refractivity contribution in [1.29, 1.82) is 0 Å². The van der Waals surface area contributed by atoms with Gasteiger partial charge in [0.15, 0.2) is 11.5 Å². The predicted octanol–water partition coefficient (Wildman–Crippen LogP) is 4.63. The molecule has 0 fully saturated rings. The van der Waals surface area contributed by atoms with E-state index in [-0.39, 0.29) is 5.91 Å². The van der Waals surface area contributed by atoms with Gasteiger partial charge in [-0.3, -0.25) is 9.78 Å². The molecule has 0 aliphatic heterocycles. The molecule has 0 unspecified atom stereocenters. The molecule has 3 aromatic rings. The van der Waals surface area contributed by atoms with Crippen molar-refractivity contribution in [3.63, 3.8) is 0 Å². The zero-order valence-electron chi connectivity index (χ0n) is 15.9. The predicted molar refractivity (Wildman–Crippen MR) is 110 cm³/mol. The first-order chi connectivity index (χ1) is 13.7. The Kier molecular flexibility index (Phi) is 7.01. The van der Waals surface area contributed by atoms with Crippen molar-refractivity contribution in [2.75, 3.05) is 12.4 Å². The molecule has 0 saturated heterocycles. The number of aromatic nitrogens is 1. The summed E-state index contributed by atoms with van der Waals surface area (Å²) in [6, 6.07) is 19.4. The second kappa shape index (κ2) is 10.1. The van der Waals surface area contributed by atoms with E-state index in [0.717, 1.165) is 18.4 Å². The van der Waals surface area contributed by atoms with Crippen molar-refractivity contribution in [2.45, 2.75) is 25.9 Å². The number of hydrogen-bond acceptors (Lipinski definition) is 4. The largest absolute Gasteiger partial charge is 0.493 e. The molecule has 1 heterocycles. The van der Waals surface area contributed by atoms with Crippen LogP contribution in [0.15, 0.2) is 73.1 Å². The van der Waals surface area contributed by atoms with Gasteiger partial charge in [0.1, 0.15) is 6.61 Å². The van der Waals surface area contributed by atoms with Gasteiger partial charge in [0.2, 0.25) is 5.91 Å². The lowest BCUT2D eigenvalue weighted by molar-refractivity contribution is -0.116. The molecule has 144 valence electrons. The molecule has 0 spiro atoms. The smallest absolute Gasteiger partial charge is 0.224 e. The molecule has 1 aromatic heterocycles. The van der Waals surface area contributed by atoms with E-state index in [1.807, 2.05) is 36.4 Å². The third-order valence-electron chi connectivity index (χ3n) is 4.28. The fraction of sp³-hybridized carbons (Fsp3) is 0.217. The van der Waals surface area contributed by atoms with Crippen LogP contribution >= 0.6 is 0 Å². The zero-order valence-corrected chi connectivity index (χ0v) is 15.9. The quantitative estimate of drug-likeness (QED) is 0.591. The highest BCUT2D eigenvalue weighted by molar-refractivity contribution is 5.91. The summed E-state index contributed by atoms with van der Waals surface area (Å²) in [7, 11) is 1.59. The number of hydrogen-bond donors (Lipinski definition) is 1. The number of aryl methyl sites for hydroxylation is 1. The second-order valence-corrected chi connectivity index (χ2v) is 6.40. The van der Waals surface area contributed by atoms with Gasteiger partial charge in [-0.25, -0.2) is 0 Å². The van der Waals surface area contributed by atoms with Crippen LogP contribution in [0.2, 0.25) is 0 Å². The number of amides is 1. The molecule has 3 rings (SSSR count). The zero-order chi connectivity index (χ0) is 19.6. The molecular formula is C23H24N2O3. The van der Waals surface area contributed by atoms with Gasteiger partial charge in [-0.05, 0) is 36.6 Å². The van der Waals surface area contributed by atoms with Gasteiger partial charge >= 0.3 is 0 Å². The van der Waals surface area contributed by atoms with Crippen molar-refractivity contribution >= 4 is 11.6 Å². The lowest BCUT2D eigenvalue weighted by Gasteiger charge is -2.13. The van der Waals surface area contributed by atoms with Crippen LogP contribution in [0.1, 0.15) is 24.0 Å². The average molecular weight is 376 g/mol. The normalized spacial score (nSPS) is 10.3. The minimum atomic E-state index is -0.0145. The van der Waals surface area contributed by atoms with Crippen LogP contribution in [-0.2, 0) is 17.8 Å². The highest BCUT2D eigenvalue weighted by Gasteiger charge is 2.09. The molecule has 28 heavy (non-hydrogen) atoms. The van der Waals surface area contributed by atoms with E-state index >= 15 is 0 Å². The number of carbonyl (C=O) groups excluding carboxylic acids is 1. The van der Waals surface area contributed by atoms with E-state index in [1.165, 1.54) is 5.56 Å². The summed E-state index contributed by atoms with van der Waals surface area (Å²) >= 11 is 0. The molecule has 5 heteroatoms. The van der Waals surface area contributed by atoms with E-state index in [0.29, 0.717) is 30.2 Å². The number of ether oxygens (including phenoxy) is 2. The van der Waals surface area contributed by atoms with Crippen molar-refractivity contribution in [1.82, 2.24) is 4.98 Å². The van der Waals surface area contributed by atoms with Crippen LogP contribution in [0.3, 0.4) is 0 Å².